The molecular formula is C17H22O5. The van der Waals surface area contributed by atoms with Gasteiger partial charge < -0.3 is 14.2 Å². The van der Waals surface area contributed by atoms with Gasteiger partial charge in [-0.05, 0) is 43.9 Å². The van der Waals surface area contributed by atoms with Crippen LogP contribution in [-0.4, -0.2) is 31.8 Å². The first-order valence-electron chi connectivity index (χ1n) is 7.73. The molecule has 0 aliphatic heterocycles. The van der Waals surface area contributed by atoms with Crippen molar-refractivity contribution in [1.82, 2.24) is 0 Å². The fraction of sp³-hybridized carbons (Fsp3) is 0.529. The largest absolute Gasteiger partial charge is 0.508 e. The minimum Gasteiger partial charge on any atom is -0.490 e. The Kier molecular flexibility index (Phi) is 6.25. The maximum Gasteiger partial charge on any atom is 0.508 e. The number of hydrogen-bond donors (Lipinski definition) is 0. The summed E-state index contributed by atoms with van der Waals surface area (Å²) in [5, 5.41) is 0. The minimum absolute atomic E-state index is 0.150. The molecule has 0 spiro atoms. The highest BCUT2D eigenvalue weighted by Crippen LogP contribution is 2.25. The van der Waals surface area contributed by atoms with Gasteiger partial charge in [0.2, 0.25) is 0 Å². The summed E-state index contributed by atoms with van der Waals surface area (Å²) in [5.41, 5.74) is 1.15. The number of rotatable bonds is 7. The number of carbonyl (C=O) groups excluding carboxylic acids is 2. The van der Waals surface area contributed by atoms with Gasteiger partial charge in [0, 0.05) is 12.3 Å². The number of carbonyl (C=O) groups is 2. The van der Waals surface area contributed by atoms with Crippen molar-refractivity contribution in [3.05, 3.63) is 29.8 Å². The van der Waals surface area contributed by atoms with Crippen molar-refractivity contribution >= 4 is 11.9 Å². The predicted molar refractivity (Wildman–Crippen MR) is 81.0 cm³/mol. The van der Waals surface area contributed by atoms with Gasteiger partial charge in [-0.1, -0.05) is 12.1 Å². The zero-order valence-corrected chi connectivity index (χ0v) is 12.9. The molecule has 1 aliphatic carbocycles. The van der Waals surface area contributed by atoms with E-state index in [4.69, 9.17) is 9.47 Å². The quantitative estimate of drug-likeness (QED) is 0.572. The molecule has 1 unspecified atom stereocenters. The Labute approximate surface area is 130 Å². The zero-order chi connectivity index (χ0) is 15.8. The summed E-state index contributed by atoms with van der Waals surface area (Å²) in [6.07, 6.45) is 2.88. The zero-order valence-electron chi connectivity index (χ0n) is 12.9. The van der Waals surface area contributed by atoms with Crippen LogP contribution in [0.1, 0.15) is 31.7 Å². The van der Waals surface area contributed by atoms with Crippen LogP contribution in [0.5, 0.6) is 5.75 Å². The van der Waals surface area contributed by atoms with Crippen LogP contribution in [0, 0.1) is 5.92 Å². The molecule has 0 bridgehead atoms. The summed E-state index contributed by atoms with van der Waals surface area (Å²) in [6, 6.07) is 7.71. The van der Waals surface area contributed by atoms with Crippen LogP contribution >= 0.6 is 0 Å². The normalized spacial score (nSPS) is 17.3. The molecule has 5 nitrogen and oxygen atoms in total. The first kappa shape index (κ1) is 16.3. The molecule has 0 aromatic heterocycles. The van der Waals surface area contributed by atoms with E-state index >= 15 is 0 Å². The predicted octanol–water partition coefficient (Wildman–Crippen LogP) is 3.15. The van der Waals surface area contributed by atoms with Gasteiger partial charge in [0.05, 0.1) is 6.61 Å². The number of ketones is 1. The number of ether oxygens (including phenoxy) is 3. The average Bonchev–Trinajstić information content (AvgIpc) is 2.91. The lowest BCUT2D eigenvalue weighted by molar-refractivity contribution is -0.120. The molecule has 0 saturated heterocycles. The van der Waals surface area contributed by atoms with E-state index in [0.29, 0.717) is 18.1 Å². The van der Waals surface area contributed by atoms with E-state index in [2.05, 4.69) is 4.74 Å². The smallest absolute Gasteiger partial charge is 0.490 e. The van der Waals surface area contributed by atoms with Gasteiger partial charge in [-0.15, -0.1) is 0 Å². The van der Waals surface area contributed by atoms with Crippen molar-refractivity contribution in [3.8, 4) is 5.75 Å². The van der Waals surface area contributed by atoms with E-state index in [1.54, 1.807) is 6.92 Å². The van der Waals surface area contributed by atoms with Crippen molar-refractivity contribution < 1.29 is 23.8 Å². The van der Waals surface area contributed by atoms with Gasteiger partial charge in [0.15, 0.2) is 0 Å². The van der Waals surface area contributed by atoms with E-state index in [1.807, 2.05) is 24.3 Å². The Morgan fingerprint density at radius 3 is 2.59 bits per heavy atom. The molecule has 1 aromatic carbocycles. The molecule has 5 heteroatoms. The molecule has 0 amide bonds. The van der Waals surface area contributed by atoms with Gasteiger partial charge in [-0.3, -0.25) is 4.79 Å². The lowest BCUT2D eigenvalue weighted by atomic mass is 9.97. The van der Waals surface area contributed by atoms with E-state index < -0.39 is 6.16 Å². The lowest BCUT2D eigenvalue weighted by Crippen LogP contribution is -2.13. The van der Waals surface area contributed by atoms with Crippen molar-refractivity contribution in [1.29, 1.82) is 0 Å². The molecule has 22 heavy (non-hydrogen) atoms. The van der Waals surface area contributed by atoms with Gasteiger partial charge in [0.25, 0.3) is 0 Å². The van der Waals surface area contributed by atoms with Crippen LogP contribution in [0.4, 0.5) is 4.79 Å². The van der Waals surface area contributed by atoms with E-state index in [1.165, 1.54) is 0 Å². The molecule has 0 radical (unpaired) electrons. The van der Waals surface area contributed by atoms with E-state index in [9.17, 15) is 9.59 Å². The molecule has 0 heterocycles. The van der Waals surface area contributed by atoms with Crippen LogP contribution < -0.4 is 4.74 Å². The van der Waals surface area contributed by atoms with Gasteiger partial charge in [0.1, 0.15) is 24.7 Å². The van der Waals surface area contributed by atoms with Gasteiger partial charge in [-0.2, -0.15) is 0 Å². The monoisotopic (exact) mass is 306 g/mol. The Hall–Kier alpha value is -2.04. The molecule has 1 aromatic rings. The standard InChI is InChI=1S/C17H22O5/c1-2-20-17(19)22-11-10-21-15-8-6-13(7-9-15)12-14-4-3-5-16(14)18/h6-9,14H,2-5,10-12H2,1H3. The minimum atomic E-state index is -0.678. The van der Waals surface area contributed by atoms with Gasteiger partial charge in [-0.25, -0.2) is 4.79 Å². The van der Waals surface area contributed by atoms with Crippen LogP contribution in [0.15, 0.2) is 24.3 Å². The fourth-order valence-corrected chi connectivity index (χ4v) is 2.55. The average molecular weight is 306 g/mol. The Morgan fingerprint density at radius 1 is 1.18 bits per heavy atom. The third kappa shape index (κ3) is 5.06. The Morgan fingerprint density at radius 2 is 1.95 bits per heavy atom. The maximum atomic E-state index is 11.6. The number of Topliss-reactive ketones (excluding diaryl/α,β-unsaturated/α-hetero) is 1. The highest BCUT2D eigenvalue weighted by molar-refractivity contribution is 5.83. The van der Waals surface area contributed by atoms with Crippen molar-refractivity contribution in [2.45, 2.75) is 32.6 Å². The molecule has 1 atom stereocenters. The number of benzene rings is 1. The molecule has 0 N–H and O–H groups in total. The highest BCUT2D eigenvalue weighted by atomic mass is 16.7. The third-order valence-electron chi connectivity index (χ3n) is 3.67. The fourth-order valence-electron chi connectivity index (χ4n) is 2.55. The van der Waals surface area contributed by atoms with Gasteiger partial charge >= 0.3 is 6.16 Å². The highest BCUT2D eigenvalue weighted by Gasteiger charge is 2.24. The Bertz CT molecular complexity index is 494. The van der Waals surface area contributed by atoms with Crippen LogP contribution in [0.3, 0.4) is 0 Å². The summed E-state index contributed by atoms with van der Waals surface area (Å²) in [5.74, 6) is 1.29. The maximum absolute atomic E-state index is 11.6. The second-order valence-corrected chi connectivity index (χ2v) is 5.28. The number of hydrogen-bond acceptors (Lipinski definition) is 5. The summed E-state index contributed by atoms with van der Waals surface area (Å²) >= 11 is 0. The summed E-state index contributed by atoms with van der Waals surface area (Å²) in [4.78, 5) is 22.6. The second-order valence-electron chi connectivity index (χ2n) is 5.28. The van der Waals surface area contributed by atoms with Crippen molar-refractivity contribution in [2.75, 3.05) is 19.8 Å². The summed E-state index contributed by atoms with van der Waals surface area (Å²) < 4.78 is 14.9. The Balaban J connectivity index is 1.70. The summed E-state index contributed by atoms with van der Waals surface area (Å²) in [6.45, 7) is 2.44. The second kappa shape index (κ2) is 8.41. The van der Waals surface area contributed by atoms with Crippen LogP contribution in [0.25, 0.3) is 0 Å². The molecule has 120 valence electrons. The van der Waals surface area contributed by atoms with E-state index in [0.717, 1.165) is 31.2 Å². The summed E-state index contributed by atoms with van der Waals surface area (Å²) in [7, 11) is 0. The molecule has 1 fully saturated rings. The molecule has 2 rings (SSSR count). The molecule has 1 aliphatic rings. The third-order valence-corrected chi connectivity index (χ3v) is 3.67. The lowest BCUT2D eigenvalue weighted by Gasteiger charge is -2.10. The topological polar surface area (TPSA) is 61.8 Å². The first-order chi connectivity index (χ1) is 10.7. The SMILES string of the molecule is CCOC(=O)OCCOc1ccc(CC2CCCC2=O)cc1. The first-order valence-corrected chi connectivity index (χ1v) is 7.73. The van der Waals surface area contributed by atoms with Crippen LogP contribution in [0.2, 0.25) is 0 Å². The van der Waals surface area contributed by atoms with Crippen molar-refractivity contribution in [2.24, 2.45) is 5.92 Å². The molecule has 1 saturated carbocycles. The molecular weight excluding hydrogens is 284 g/mol. The van der Waals surface area contributed by atoms with Crippen LogP contribution in [-0.2, 0) is 20.7 Å². The van der Waals surface area contributed by atoms with E-state index in [-0.39, 0.29) is 19.1 Å². The van der Waals surface area contributed by atoms with Crippen molar-refractivity contribution in [3.63, 3.8) is 0 Å².